The number of hydrogen-bond donors (Lipinski definition) is 1. The molecule has 0 spiro atoms. The van der Waals surface area contributed by atoms with Crippen molar-refractivity contribution in [1.82, 2.24) is 4.90 Å². The van der Waals surface area contributed by atoms with Crippen molar-refractivity contribution in [3.8, 4) is 0 Å². The summed E-state index contributed by atoms with van der Waals surface area (Å²) in [6.07, 6.45) is 0. The van der Waals surface area contributed by atoms with E-state index in [1.807, 2.05) is 49.4 Å². The van der Waals surface area contributed by atoms with Crippen LogP contribution >= 0.6 is 0 Å². The van der Waals surface area contributed by atoms with E-state index in [9.17, 15) is 4.79 Å². The number of piperazine rings is 1. The second kappa shape index (κ2) is 11.8. The molecular formula is C32H36N4O. The number of nitrogens with two attached hydrogens (primary N) is 1. The molecule has 0 saturated carbocycles. The minimum absolute atomic E-state index is 0.130. The molecule has 5 nitrogen and oxygen atoms in total. The van der Waals surface area contributed by atoms with Crippen LogP contribution in [0.1, 0.15) is 22.8 Å². The largest absolute Gasteiger partial charge is 0.397 e. The highest BCUT2D eigenvalue weighted by Gasteiger charge is 2.22. The highest BCUT2D eigenvalue weighted by atomic mass is 16.2. The molecule has 1 fully saturated rings. The van der Waals surface area contributed by atoms with Gasteiger partial charge in [-0.25, -0.2) is 0 Å². The molecule has 190 valence electrons. The predicted octanol–water partition coefficient (Wildman–Crippen LogP) is 5.88. The summed E-state index contributed by atoms with van der Waals surface area (Å²) >= 11 is 0. The van der Waals surface area contributed by atoms with Crippen molar-refractivity contribution in [2.45, 2.75) is 6.92 Å². The molecule has 0 bridgehead atoms. The summed E-state index contributed by atoms with van der Waals surface area (Å²) in [5.74, 6) is -0.130. The van der Waals surface area contributed by atoms with Gasteiger partial charge in [0.25, 0.3) is 5.91 Å². The Morgan fingerprint density at radius 2 is 1.43 bits per heavy atom. The summed E-state index contributed by atoms with van der Waals surface area (Å²) in [5.41, 5.74) is 13.0. The van der Waals surface area contributed by atoms with Crippen LogP contribution in [0.5, 0.6) is 0 Å². The van der Waals surface area contributed by atoms with Crippen LogP contribution in [0.15, 0.2) is 110 Å². The summed E-state index contributed by atoms with van der Waals surface area (Å²) in [5, 5.41) is 0. The third kappa shape index (κ3) is 6.38. The number of benzene rings is 3. The van der Waals surface area contributed by atoms with Gasteiger partial charge in [-0.05, 0) is 60.0 Å². The normalized spacial score (nSPS) is 13.7. The van der Waals surface area contributed by atoms with Crippen LogP contribution < -0.4 is 15.5 Å². The second-order valence-electron chi connectivity index (χ2n) is 9.61. The standard InChI is InChI=1S/C32H36N4O/c1-24(2)25(3)23-36(31-13-9-8-12-30(31)33)32(37)28-16-14-27(15-17-28)26(4)22-34-18-20-35(21-19-34)29-10-6-5-7-11-29/h5-17H,1,3-4,18-23,33H2,2H3. The van der Waals surface area contributed by atoms with E-state index in [-0.39, 0.29) is 5.91 Å². The van der Waals surface area contributed by atoms with E-state index in [1.165, 1.54) is 5.69 Å². The fourth-order valence-corrected chi connectivity index (χ4v) is 4.49. The van der Waals surface area contributed by atoms with Gasteiger partial charge >= 0.3 is 0 Å². The van der Waals surface area contributed by atoms with Gasteiger partial charge in [-0.1, -0.05) is 67.8 Å². The Balaban J connectivity index is 1.41. The molecule has 1 saturated heterocycles. The first-order valence-electron chi connectivity index (χ1n) is 12.6. The van der Waals surface area contributed by atoms with Crippen LogP contribution in [0.2, 0.25) is 0 Å². The summed E-state index contributed by atoms with van der Waals surface area (Å²) in [7, 11) is 0. The Morgan fingerprint density at radius 1 is 0.838 bits per heavy atom. The lowest BCUT2D eigenvalue weighted by atomic mass is 10.0. The highest BCUT2D eigenvalue weighted by Crippen LogP contribution is 2.27. The van der Waals surface area contributed by atoms with Gasteiger partial charge in [0.15, 0.2) is 0 Å². The van der Waals surface area contributed by atoms with Gasteiger partial charge in [-0.2, -0.15) is 0 Å². The van der Waals surface area contributed by atoms with Gasteiger partial charge in [0.2, 0.25) is 0 Å². The number of amides is 1. The molecule has 1 heterocycles. The maximum absolute atomic E-state index is 13.6. The molecule has 1 amide bonds. The van der Waals surface area contributed by atoms with Gasteiger partial charge in [-0.3, -0.25) is 9.69 Å². The van der Waals surface area contributed by atoms with Gasteiger partial charge < -0.3 is 15.5 Å². The maximum atomic E-state index is 13.6. The Bertz CT molecular complexity index is 1270. The van der Waals surface area contributed by atoms with Crippen molar-refractivity contribution >= 4 is 28.5 Å². The van der Waals surface area contributed by atoms with Crippen molar-refractivity contribution < 1.29 is 4.79 Å². The molecule has 0 atom stereocenters. The first-order chi connectivity index (χ1) is 17.8. The number of nitrogens with zero attached hydrogens (tertiary/aromatic N) is 3. The minimum atomic E-state index is -0.130. The van der Waals surface area contributed by atoms with E-state index in [0.717, 1.165) is 55.0 Å². The lowest BCUT2D eigenvalue weighted by molar-refractivity contribution is 0.0989. The Labute approximate surface area is 220 Å². The Kier molecular flexibility index (Phi) is 8.26. The number of carbonyl (C=O) groups is 1. The number of rotatable bonds is 9. The van der Waals surface area contributed by atoms with Gasteiger partial charge in [-0.15, -0.1) is 0 Å². The third-order valence-corrected chi connectivity index (χ3v) is 6.87. The molecule has 0 aromatic heterocycles. The van der Waals surface area contributed by atoms with Gasteiger partial charge in [0.05, 0.1) is 17.9 Å². The van der Waals surface area contributed by atoms with Crippen molar-refractivity contribution in [3.05, 3.63) is 121 Å². The van der Waals surface area contributed by atoms with E-state index in [1.54, 1.807) is 11.0 Å². The average molecular weight is 493 g/mol. The predicted molar refractivity (Wildman–Crippen MR) is 157 cm³/mol. The van der Waals surface area contributed by atoms with Crippen LogP contribution in [-0.4, -0.2) is 50.1 Å². The second-order valence-corrected chi connectivity index (χ2v) is 9.61. The molecule has 1 aliphatic rings. The third-order valence-electron chi connectivity index (χ3n) is 6.87. The van der Waals surface area contributed by atoms with Crippen LogP contribution in [-0.2, 0) is 0 Å². The number of carbonyl (C=O) groups excluding carboxylic acids is 1. The van der Waals surface area contributed by atoms with Crippen LogP contribution in [0.25, 0.3) is 5.57 Å². The molecule has 0 unspecified atom stereocenters. The molecule has 0 radical (unpaired) electrons. The molecule has 3 aromatic carbocycles. The highest BCUT2D eigenvalue weighted by molar-refractivity contribution is 6.08. The van der Waals surface area contributed by atoms with Crippen molar-refractivity contribution in [2.24, 2.45) is 0 Å². The van der Waals surface area contributed by atoms with Crippen LogP contribution in [0.3, 0.4) is 0 Å². The van der Waals surface area contributed by atoms with E-state index in [2.05, 4.69) is 59.9 Å². The summed E-state index contributed by atoms with van der Waals surface area (Å²) in [6, 6.07) is 25.6. The van der Waals surface area contributed by atoms with E-state index in [4.69, 9.17) is 5.73 Å². The first kappa shape index (κ1) is 26.0. The number of nitrogen functional groups attached to an aromatic ring is 1. The lowest BCUT2D eigenvalue weighted by Gasteiger charge is -2.36. The molecule has 5 heteroatoms. The van der Waals surface area contributed by atoms with Crippen molar-refractivity contribution in [1.29, 1.82) is 0 Å². The molecule has 2 N–H and O–H groups in total. The zero-order valence-corrected chi connectivity index (χ0v) is 21.7. The summed E-state index contributed by atoms with van der Waals surface area (Å²) < 4.78 is 0. The fourth-order valence-electron chi connectivity index (χ4n) is 4.49. The summed E-state index contributed by atoms with van der Waals surface area (Å²) in [4.78, 5) is 20.1. The fraction of sp³-hybridized carbons (Fsp3) is 0.219. The van der Waals surface area contributed by atoms with Crippen molar-refractivity contribution in [3.63, 3.8) is 0 Å². The first-order valence-corrected chi connectivity index (χ1v) is 12.6. The zero-order valence-electron chi connectivity index (χ0n) is 21.7. The molecule has 4 rings (SSSR count). The van der Waals surface area contributed by atoms with Crippen LogP contribution in [0.4, 0.5) is 17.1 Å². The molecule has 37 heavy (non-hydrogen) atoms. The quantitative estimate of drug-likeness (QED) is 0.299. The molecule has 0 aliphatic carbocycles. The molecule has 1 aliphatic heterocycles. The smallest absolute Gasteiger partial charge is 0.258 e. The van der Waals surface area contributed by atoms with E-state index < -0.39 is 0 Å². The number of anilines is 3. The molecule has 3 aromatic rings. The molecular weight excluding hydrogens is 456 g/mol. The van der Waals surface area contributed by atoms with E-state index >= 15 is 0 Å². The topological polar surface area (TPSA) is 52.8 Å². The SMILES string of the molecule is C=C(C)C(=C)CN(C(=O)c1ccc(C(=C)CN2CCN(c3ccccc3)CC2)cc1)c1ccccc1N. The van der Waals surface area contributed by atoms with Crippen molar-refractivity contribution in [2.75, 3.05) is 54.8 Å². The lowest BCUT2D eigenvalue weighted by Crippen LogP contribution is -2.46. The van der Waals surface area contributed by atoms with E-state index in [0.29, 0.717) is 23.5 Å². The maximum Gasteiger partial charge on any atom is 0.258 e. The van der Waals surface area contributed by atoms with Gasteiger partial charge in [0, 0.05) is 44.0 Å². The zero-order chi connectivity index (χ0) is 26.4. The number of hydrogen-bond acceptors (Lipinski definition) is 4. The average Bonchev–Trinajstić information content (AvgIpc) is 2.92. The monoisotopic (exact) mass is 492 g/mol. The minimum Gasteiger partial charge on any atom is -0.397 e. The Morgan fingerprint density at radius 3 is 2.05 bits per heavy atom. The number of para-hydroxylation sites is 3. The van der Waals surface area contributed by atoms with Crippen LogP contribution in [0, 0.1) is 0 Å². The Hall–Kier alpha value is -4.09. The van der Waals surface area contributed by atoms with Gasteiger partial charge in [0.1, 0.15) is 0 Å². The summed E-state index contributed by atoms with van der Waals surface area (Å²) in [6.45, 7) is 19.4.